The van der Waals surface area contributed by atoms with Crippen LogP contribution in [0.1, 0.15) is 18.1 Å². The molecule has 1 aromatic carbocycles. The molecular weight excluding hydrogens is 244 g/mol. The van der Waals surface area contributed by atoms with Gasteiger partial charge in [0.05, 0.1) is 13.2 Å². The third kappa shape index (κ3) is 3.12. The van der Waals surface area contributed by atoms with Gasteiger partial charge in [0.25, 0.3) is 0 Å². The molecule has 5 nitrogen and oxygen atoms in total. The van der Waals surface area contributed by atoms with E-state index in [0.717, 1.165) is 11.1 Å². The summed E-state index contributed by atoms with van der Waals surface area (Å²) in [5.41, 5.74) is 1.80. The number of nitrogens with zero attached hydrogens (tertiary/aromatic N) is 2. The van der Waals surface area contributed by atoms with Crippen LogP contribution in [0.3, 0.4) is 0 Å². The first-order valence-electron chi connectivity index (χ1n) is 6.38. The van der Waals surface area contributed by atoms with Crippen LogP contribution in [0.2, 0.25) is 0 Å². The van der Waals surface area contributed by atoms with Crippen molar-refractivity contribution in [3.8, 4) is 0 Å². The molecule has 1 aromatic rings. The van der Waals surface area contributed by atoms with E-state index in [2.05, 4.69) is 0 Å². The van der Waals surface area contributed by atoms with Crippen molar-refractivity contribution in [1.82, 2.24) is 9.80 Å². The van der Waals surface area contributed by atoms with Gasteiger partial charge in [-0.2, -0.15) is 0 Å². The molecule has 0 radical (unpaired) electrons. The number of hydrogen-bond acceptors (Lipinski definition) is 3. The number of amides is 2. The van der Waals surface area contributed by atoms with Crippen LogP contribution in [0.4, 0.5) is 0 Å². The van der Waals surface area contributed by atoms with E-state index >= 15 is 0 Å². The summed E-state index contributed by atoms with van der Waals surface area (Å²) in [5, 5.41) is 8.97. The minimum absolute atomic E-state index is 0.00548. The SMILES string of the molecule is CCN1CC(=O)N(Cc2ccc(CO)cc2)CC1=O. The maximum absolute atomic E-state index is 11.9. The molecule has 1 fully saturated rings. The Morgan fingerprint density at radius 1 is 1.00 bits per heavy atom. The normalized spacial score (nSPS) is 16.1. The molecule has 19 heavy (non-hydrogen) atoms. The summed E-state index contributed by atoms with van der Waals surface area (Å²) in [7, 11) is 0. The van der Waals surface area contributed by atoms with E-state index in [9.17, 15) is 9.59 Å². The smallest absolute Gasteiger partial charge is 0.242 e. The van der Waals surface area contributed by atoms with Crippen LogP contribution in [0.5, 0.6) is 0 Å². The van der Waals surface area contributed by atoms with Crippen molar-refractivity contribution >= 4 is 11.8 Å². The van der Waals surface area contributed by atoms with Gasteiger partial charge in [0.2, 0.25) is 11.8 Å². The Balaban J connectivity index is 2.02. The van der Waals surface area contributed by atoms with Gasteiger partial charge in [-0.3, -0.25) is 9.59 Å². The van der Waals surface area contributed by atoms with Gasteiger partial charge in [-0.1, -0.05) is 24.3 Å². The molecule has 0 atom stereocenters. The molecular formula is C14H18N2O3. The van der Waals surface area contributed by atoms with E-state index in [4.69, 9.17) is 5.11 Å². The molecule has 1 aliphatic heterocycles. The third-order valence-electron chi connectivity index (χ3n) is 3.32. The number of piperazine rings is 1. The quantitative estimate of drug-likeness (QED) is 0.853. The first kappa shape index (κ1) is 13.5. The predicted octanol–water partition coefficient (Wildman–Crippen LogP) is 0.370. The van der Waals surface area contributed by atoms with Gasteiger partial charge in [-0.25, -0.2) is 0 Å². The molecule has 1 saturated heterocycles. The predicted molar refractivity (Wildman–Crippen MR) is 70.0 cm³/mol. The van der Waals surface area contributed by atoms with Crippen LogP contribution in [-0.2, 0) is 22.7 Å². The number of aliphatic hydroxyl groups excluding tert-OH is 1. The summed E-state index contributed by atoms with van der Waals surface area (Å²) >= 11 is 0. The maximum Gasteiger partial charge on any atom is 0.242 e. The molecule has 102 valence electrons. The van der Waals surface area contributed by atoms with Crippen LogP contribution in [0, 0.1) is 0 Å². The van der Waals surface area contributed by atoms with Crippen molar-refractivity contribution in [2.45, 2.75) is 20.1 Å². The van der Waals surface area contributed by atoms with E-state index in [0.29, 0.717) is 13.1 Å². The highest BCUT2D eigenvalue weighted by molar-refractivity contribution is 5.92. The second kappa shape index (κ2) is 5.84. The number of carbonyl (C=O) groups is 2. The first-order chi connectivity index (χ1) is 9.13. The van der Waals surface area contributed by atoms with Gasteiger partial charge in [0.15, 0.2) is 0 Å². The molecule has 0 aromatic heterocycles. The van der Waals surface area contributed by atoms with Crippen LogP contribution in [0.25, 0.3) is 0 Å². The topological polar surface area (TPSA) is 60.9 Å². The molecule has 0 saturated carbocycles. The highest BCUT2D eigenvalue weighted by Gasteiger charge is 2.28. The van der Waals surface area contributed by atoms with E-state index in [1.807, 2.05) is 31.2 Å². The molecule has 1 aliphatic rings. The average Bonchev–Trinajstić information content (AvgIpc) is 2.43. The lowest BCUT2D eigenvalue weighted by Crippen LogP contribution is -2.53. The van der Waals surface area contributed by atoms with Crippen molar-refractivity contribution in [3.05, 3.63) is 35.4 Å². The van der Waals surface area contributed by atoms with Crippen molar-refractivity contribution in [3.63, 3.8) is 0 Å². The number of likely N-dealkylation sites (N-methyl/N-ethyl adjacent to an activating group) is 1. The molecule has 0 spiro atoms. The lowest BCUT2D eigenvalue weighted by molar-refractivity contribution is -0.150. The monoisotopic (exact) mass is 262 g/mol. The zero-order valence-corrected chi connectivity index (χ0v) is 11.0. The molecule has 2 amide bonds. The lowest BCUT2D eigenvalue weighted by atomic mass is 10.1. The fourth-order valence-corrected chi connectivity index (χ4v) is 2.11. The summed E-state index contributed by atoms with van der Waals surface area (Å²) < 4.78 is 0. The zero-order valence-electron chi connectivity index (χ0n) is 11.0. The molecule has 1 N–H and O–H groups in total. The number of benzene rings is 1. The minimum Gasteiger partial charge on any atom is -0.392 e. The zero-order chi connectivity index (χ0) is 13.8. The van der Waals surface area contributed by atoms with Gasteiger partial charge in [0, 0.05) is 13.1 Å². The van der Waals surface area contributed by atoms with Crippen LogP contribution in [-0.4, -0.2) is 46.4 Å². The fraction of sp³-hybridized carbons (Fsp3) is 0.429. The standard InChI is InChI=1S/C14H18N2O3/c1-2-15-8-14(19)16(9-13(15)18)7-11-3-5-12(10-17)6-4-11/h3-6,17H,2,7-10H2,1H3. The van der Waals surface area contributed by atoms with Crippen LogP contribution >= 0.6 is 0 Å². The van der Waals surface area contributed by atoms with Crippen molar-refractivity contribution in [2.24, 2.45) is 0 Å². The average molecular weight is 262 g/mol. The van der Waals surface area contributed by atoms with Gasteiger partial charge in [-0.05, 0) is 18.1 Å². The maximum atomic E-state index is 11.9. The number of rotatable bonds is 4. The Kier molecular flexibility index (Phi) is 4.16. The Hall–Kier alpha value is -1.88. The highest BCUT2D eigenvalue weighted by atomic mass is 16.3. The van der Waals surface area contributed by atoms with Gasteiger partial charge >= 0.3 is 0 Å². The molecule has 1 heterocycles. The van der Waals surface area contributed by atoms with Crippen LogP contribution < -0.4 is 0 Å². The fourth-order valence-electron chi connectivity index (χ4n) is 2.11. The summed E-state index contributed by atoms with van der Waals surface area (Å²) in [4.78, 5) is 26.8. The molecule has 5 heteroatoms. The van der Waals surface area contributed by atoms with Crippen LogP contribution in [0.15, 0.2) is 24.3 Å². The van der Waals surface area contributed by atoms with Crippen molar-refractivity contribution in [2.75, 3.05) is 19.6 Å². The lowest BCUT2D eigenvalue weighted by Gasteiger charge is -2.33. The second-order valence-electron chi connectivity index (χ2n) is 4.63. The Morgan fingerprint density at radius 2 is 1.53 bits per heavy atom. The highest BCUT2D eigenvalue weighted by Crippen LogP contribution is 2.11. The summed E-state index contributed by atoms with van der Waals surface area (Å²) in [6.07, 6.45) is 0. The van der Waals surface area contributed by atoms with E-state index in [1.54, 1.807) is 9.80 Å². The van der Waals surface area contributed by atoms with E-state index in [-0.39, 0.29) is 31.5 Å². The largest absolute Gasteiger partial charge is 0.392 e. The second-order valence-corrected chi connectivity index (χ2v) is 4.63. The molecule has 0 unspecified atom stereocenters. The van der Waals surface area contributed by atoms with E-state index < -0.39 is 0 Å². The number of aliphatic hydroxyl groups is 1. The summed E-state index contributed by atoms with van der Waals surface area (Å²) in [6.45, 7) is 3.21. The number of carbonyl (C=O) groups excluding carboxylic acids is 2. The van der Waals surface area contributed by atoms with Gasteiger partial charge in [0.1, 0.15) is 6.54 Å². The Morgan fingerprint density at radius 3 is 2.11 bits per heavy atom. The van der Waals surface area contributed by atoms with E-state index in [1.165, 1.54) is 0 Å². The third-order valence-corrected chi connectivity index (χ3v) is 3.32. The number of hydrogen-bond donors (Lipinski definition) is 1. The Labute approximate surface area is 112 Å². The summed E-state index contributed by atoms with van der Waals surface area (Å²) in [6, 6.07) is 7.39. The first-order valence-corrected chi connectivity index (χ1v) is 6.38. The summed E-state index contributed by atoms with van der Waals surface area (Å²) in [5.74, 6) is -0.0261. The van der Waals surface area contributed by atoms with Crippen molar-refractivity contribution < 1.29 is 14.7 Å². The van der Waals surface area contributed by atoms with Gasteiger partial charge in [-0.15, -0.1) is 0 Å². The minimum atomic E-state index is -0.0207. The molecule has 0 bridgehead atoms. The van der Waals surface area contributed by atoms with Gasteiger partial charge < -0.3 is 14.9 Å². The Bertz CT molecular complexity index is 470. The molecule has 2 rings (SSSR count). The molecule has 0 aliphatic carbocycles. The van der Waals surface area contributed by atoms with Crippen molar-refractivity contribution in [1.29, 1.82) is 0 Å².